The van der Waals surface area contributed by atoms with Crippen molar-refractivity contribution in [3.8, 4) is 22.7 Å². The number of methoxy groups -OCH3 is 1. The number of ether oxygens (including phenoxy) is 2. The Hall–Kier alpha value is -3.39. The van der Waals surface area contributed by atoms with Crippen LogP contribution >= 0.6 is 0 Å². The SMILES string of the molecule is CCOC(=O)C(=O)c1cc(-c2ccc(S(C)(=O)=O)cc2)n(-c2ccc(OC)cc2)c1C. The summed E-state index contributed by atoms with van der Waals surface area (Å²) in [5.41, 5.74) is 2.86. The van der Waals surface area contributed by atoms with Crippen molar-refractivity contribution in [2.24, 2.45) is 0 Å². The van der Waals surface area contributed by atoms with Crippen molar-refractivity contribution in [2.45, 2.75) is 18.7 Å². The molecule has 0 fully saturated rings. The number of carbonyl (C=O) groups is 2. The van der Waals surface area contributed by atoms with Crippen molar-refractivity contribution < 1.29 is 27.5 Å². The van der Waals surface area contributed by atoms with Crippen LogP contribution in [-0.2, 0) is 19.4 Å². The summed E-state index contributed by atoms with van der Waals surface area (Å²) in [4.78, 5) is 24.9. The van der Waals surface area contributed by atoms with Crippen molar-refractivity contribution in [3.63, 3.8) is 0 Å². The molecule has 0 unspecified atom stereocenters. The van der Waals surface area contributed by atoms with E-state index in [9.17, 15) is 18.0 Å². The Balaban J connectivity index is 2.19. The molecular formula is C23H23NO6S. The van der Waals surface area contributed by atoms with Crippen LogP contribution in [0.15, 0.2) is 59.5 Å². The van der Waals surface area contributed by atoms with E-state index in [2.05, 4.69) is 0 Å². The first kappa shape index (κ1) is 22.3. The zero-order valence-electron chi connectivity index (χ0n) is 17.7. The molecule has 0 aliphatic carbocycles. The number of hydrogen-bond acceptors (Lipinski definition) is 6. The van der Waals surface area contributed by atoms with Crippen molar-refractivity contribution in [1.82, 2.24) is 4.57 Å². The fourth-order valence-corrected chi connectivity index (χ4v) is 3.92. The van der Waals surface area contributed by atoms with Gasteiger partial charge >= 0.3 is 5.97 Å². The van der Waals surface area contributed by atoms with Crippen molar-refractivity contribution in [3.05, 3.63) is 65.9 Å². The van der Waals surface area contributed by atoms with Crippen LogP contribution in [-0.4, -0.2) is 44.7 Å². The maximum Gasteiger partial charge on any atom is 0.379 e. The first-order chi connectivity index (χ1) is 14.7. The highest BCUT2D eigenvalue weighted by Crippen LogP contribution is 2.31. The van der Waals surface area contributed by atoms with E-state index in [4.69, 9.17) is 9.47 Å². The molecule has 0 atom stereocenters. The van der Waals surface area contributed by atoms with Crippen LogP contribution in [0.2, 0.25) is 0 Å². The second-order valence-electron chi connectivity index (χ2n) is 6.91. The average Bonchev–Trinajstić information content (AvgIpc) is 3.10. The van der Waals surface area contributed by atoms with Crippen molar-refractivity contribution in [1.29, 1.82) is 0 Å². The van der Waals surface area contributed by atoms with Crippen LogP contribution in [0, 0.1) is 6.92 Å². The Morgan fingerprint density at radius 1 is 1.00 bits per heavy atom. The van der Waals surface area contributed by atoms with Crippen LogP contribution in [0.1, 0.15) is 23.0 Å². The number of rotatable bonds is 7. The standard InChI is InChI=1S/C23H23NO6S/c1-5-30-23(26)22(25)20-14-21(16-6-12-19(13-7-16)31(4,27)28)24(15(20)2)17-8-10-18(29-3)11-9-17/h6-14H,5H2,1-4H3. The van der Waals surface area contributed by atoms with Gasteiger partial charge in [0.2, 0.25) is 0 Å². The Labute approximate surface area is 181 Å². The normalized spacial score (nSPS) is 11.2. The summed E-state index contributed by atoms with van der Waals surface area (Å²) in [5.74, 6) is -0.979. The molecule has 7 nitrogen and oxygen atoms in total. The van der Waals surface area contributed by atoms with E-state index < -0.39 is 21.6 Å². The molecule has 3 aromatic rings. The van der Waals surface area contributed by atoms with Gasteiger partial charge in [-0.3, -0.25) is 4.79 Å². The molecule has 0 bridgehead atoms. The maximum atomic E-state index is 12.7. The lowest BCUT2D eigenvalue weighted by molar-refractivity contribution is -0.137. The third-order valence-corrected chi connectivity index (χ3v) is 5.99. The minimum Gasteiger partial charge on any atom is -0.497 e. The fourth-order valence-electron chi connectivity index (χ4n) is 3.29. The van der Waals surface area contributed by atoms with Gasteiger partial charge in [0.1, 0.15) is 5.75 Å². The molecule has 0 N–H and O–H groups in total. The summed E-state index contributed by atoms with van der Waals surface area (Å²) >= 11 is 0. The molecule has 1 heterocycles. The summed E-state index contributed by atoms with van der Waals surface area (Å²) in [5, 5.41) is 0. The van der Waals surface area contributed by atoms with Gasteiger partial charge in [-0.05, 0) is 61.9 Å². The summed E-state index contributed by atoms with van der Waals surface area (Å²) in [7, 11) is -1.77. The summed E-state index contributed by atoms with van der Waals surface area (Å²) in [6, 6.07) is 15.2. The largest absolute Gasteiger partial charge is 0.497 e. The lowest BCUT2D eigenvalue weighted by Gasteiger charge is -2.13. The highest BCUT2D eigenvalue weighted by Gasteiger charge is 2.25. The van der Waals surface area contributed by atoms with Gasteiger partial charge in [0.15, 0.2) is 9.84 Å². The van der Waals surface area contributed by atoms with Crippen LogP contribution in [0.5, 0.6) is 5.75 Å². The van der Waals surface area contributed by atoms with Crippen molar-refractivity contribution in [2.75, 3.05) is 20.0 Å². The molecule has 0 aliphatic rings. The highest BCUT2D eigenvalue weighted by molar-refractivity contribution is 7.90. The van der Waals surface area contributed by atoms with E-state index in [-0.39, 0.29) is 17.1 Å². The Morgan fingerprint density at radius 3 is 2.13 bits per heavy atom. The quantitative estimate of drug-likeness (QED) is 0.316. The molecular weight excluding hydrogens is 418 g/mol. The molecule has 8 heteroatoms. The van der Waals surface area contributed by atoms with Crippen LogP contribution in [0.3, 0.4) is 0 Å². The molecule has 0 saturated carbocycles. The van der Waals surface area contributed by atoms with Gasteiger partial charge in [-0.25, -0.2) is 13.2 Å². The molecule has 162 valence electrons. The van der Waals surface area contributed by atoms with Gasteiger partial charge in [0, 0.05) is 17.6 Å². The Morgan fingerprint density at radius 2 is 1.61 bits per heavy atom. The van der Waals surface area contributed by atoms with Gasteiger partial charge in [-0.1, -0.05) is 12.1 Å². The lowest BCUT2D eigenvalue weighted by atomic mass is 10.1. The van der Waals surface area contributed by atoms with Gasteiger partial charge in [0.25, 0.3) is 5.78 Å². The predicted octanol–water partition coefficient (Wildman–Crippen LogP) is 3.61. The minimum absolute atomic E-state index is 0.0998. The third kappa shape index (κ3) is 4.54. The van der Waals surface area contributed by atoms with E-state index in [1.54, 1.807) is 51.3 Å². The first-order valence-corrected chi connectivity index (χ1v) is 11.4. The Kier molecular flexibility index (Phi) is 6.31. The zero-order valence-corrected chi connectivity index (χ0v) is 18.5. The molecule has 0 aliphatic heterocycles. The number of sulfone groups is 1. The van der Waals surface area contributed by atoms with Crippen LogP contribution in [0.25, 0.3) is 16.9 Å². The van der Waals surface area contributed by atoms with Gasteiger partial charge in [0.05, 0.1) is 29.9 Å². The second kappa shape index (κ2) is 8.77. The van der Waals surface area contributed by atoms with Crippen LogP contribution < -0.4 is 4.74 Å². The summed E-state index contributed by atoms with van der Waals surface area (Å²) in [6.07, 6.45) is 1.14. The number of ketones is 1. The van der Waals surface area contributed by atoms with Crippen LogP contribution in [0.4, 0.5) is 0 Å². The molecule has 31 heavy (non-hydrogen) atoms. The first-order valence-electron chi connectivity index (χ1n) is 9.56. The van der Waals surface area contributed by atoms with Gasteiger partial charge < -0.3 is 14.0 Å². The molecule has 2 aromatic carbocycles. The third-order valence-electron chi connectivity index (χ3n) is 4.86. The van der Waals surface area contributed by atoms with E-state index in [0.717, 1.165) is 11.9 Å². The maximum absolute atomic E-state index is 12.7. The summed E-state index contributed by atoms with van der Waals surface area (Å²) < 4.78 is 35.5. The molecule has 3 rings (SSSR count). The summed E-state index contributed by atoms with van der Waals surface area (Å²) in [6.45, 7) is 3.48. The number of carbonyl (C=O) groups excluding carboxylic acids is 2. The number of hydrogen-bond donors (Lipinski definition) is 0. The average molecular weight is 442 g/mol. The van der Waals surface area contributed by atoms with Gasteiger partial charge in [-0.2, -0.15) is 0 Å². The number of aromatic nitrogens is 1. The molecule has 0 spiro atoms. The zero-order chi connectivity index (χ0) is 22.8. The number of nitrogens with zero attached hydrogens (tertiary/aromatic N) is 1. The number of esters is 1. The molecule has 0 amide bonds. The predicted molar refractivity (Wildman–Crippen MR) is 117 cm³/mol. The van der Waals surface area contributed by atoms with E-state index in [1.165, 1.54) is 12.1 Å². The minimum atomic E-state index is -3.34. The number of benzene rings is 2. The second-order valence-corrected chi connectivity index (χ2v) is 8.92. The monoisotopic (exact) mass is 441 g/mol. The highest BCUT2D eigenvalue weighted by atomic mass is 32.2. The smallest absolute Gasteiger partial charge is 0.379 e. The topological polar surface area (TPSA) is 91.7 Å². The van der Waals surface area contributed by atoms with E-state index in [1.807, 2.05) is 16.7 Å². The molecule has 0 saturated heterocycles. The molecule has 0 radical (unpaired) electrons. The lowest BCUT2D eigenvalue weighted by Crippen LogP contribution is -2.18. The fraction of sp³-hybridized carbons (Fsp3) is 0.217. The Bertz CT molecular complexity index is 1220. The molecule has 1 aromatic heterocycles. The van der Waals surface area contributed by atoms with E-state index in [0.29, 0.717) is 22.7 Å². The number of Topliss-reactive ketones (excluding diaryl/α,β-unsaturated/α-hetero) is 1. The van der Waals surface area contributed by atoms with Gasteiger partial charge in [-0.15, -0.1) is 0 Å². The van der Waals surface area contributed by atoms with E-state index >= 15 is 0 Å². The van der Waals surface area contributed by atoms with Crippen molar-refractivity contribution >= 4 is 21.6 Å².